The largest absolute Gasteiger partial charge is 0.376 e. The van der Waals surface area contributed by atoms with E-state index in [1.807, 2.05) is 20.8 Å². The summed E-state index contributed by atoms with van der Waals surface area (Å²) >= 11 is 0. The maximum Gasteiger partial charge on any atom is 0.251 e. The van der Waals surface area contributed by atoms with E-state index in [1.165, 1.54) is 0 Å². The third kappa shape index (κ3) is 7.65. The van der Waals surface area contributed by atoms with Crippen LogP contribution in [-0.2, 0) is 9.59 Å². The van der Waals surface area contributed by atoms with E-state index >= 15 is 0 Å². The van der Waals surface area contributed by atoms with Crippen LogP contribution in [0.25, 0.3) is 0 Å². The highest BCUT2D eigenvalue weighted by Crippen LogP contribution is 2.14. The summed E-state index contributed by atoms with van der Waals surface area (Å²) in [5.74, 6) is -0.414. The Hall–Kier alpha value is -3.35. The second-order valence-electron chi connectivity index (χ2n) is 7.66. The molecule has 0 aliphatic rings. The Labute approximate surface area is 171 Å². The first-order valence-electron chi connectivity index (χ1n) is 9.52. The number of hydrogen-bond acceptors (Lipinski definition) is 4. The molecule has 0 fully saturated rings. The van der Waals surface area contributed by atoms with Gasteiger partial charge in [-0.15, -0.1) is 0 Å². The Morgan fingerprint density at radius 3 is 1.76 bits per heavy atom. The molecule has 0 spiro atoms. The predicted octanol–water partition coefficient (Wildman–Crippen LogP) is 3.61. The van der Waals surface area contributed by atoms with Gasteiger partial charge in [0.15, 0.2) is 0 Å². The molecule has 0 unspecified atom stereocenters. The van der Waals surface area contributed by atoms with E-state index < -0.39 is 0 Å². The smallest absolute Gasteiger partial charge is 0.251 e. The van der Waals surface area contributed by atoms with E-state index in [2.05, 4.69) is 21.3 Å². The van der Waals surface area contributed by atoms with E-state index in [9.17, 15) is 14.4 Å². The summed E-state index contributed by atoms with van der Waals surface area (Å²) in [6, 6.07) is 13.9. The van der Waals surface area contributed by atoms with Crippen LogP contribution in [0.3, 0.4) is 0 Å². The molecule has 29 heavy (non-hydrogen) atoms. The zero-order valence-corrected chi connectivity index (χ0v) is 17.3. The van der Waals surface area contributed by atoms with Gasteiger partial charge in [0, 0.05) is 34.6 Å². The third-order valence-corrected chi connectivity index (χ3v) is 3.86. The van der Waals surface area contributed by atoms with E-state index in [-0.39, 0.29) is 29.8 Å². The zero-order chi connectivity index (χ0) is 21.4. The molecule has 7 heteroatoms. The number of carbonyl (C=O) groups is 3. The average Bonchev–Trinajstić information content (AvgIpc) is 2.66. The van der Waals surface area contributed by atoms with Crippen molar-refractivity contribution >= 4 is 34.8 Å². The van der Waals surface area contributed by atoms with Crippen molar-refractivity contribution in [2.75, 3.05) is 22.5 Å². The topological polar surface area (TPSA) is 99.3 Å². The zero-order valence-electron chi connectivity index (χ0n) is 17.3. The van der Waals surface area contributed by atoms with Gasteiger partial charge in [-0.3, -0.25) is 14.4 Å². The van der Waals surface area contributed by atoms with Crippen molar-refractivity contribution in [3.63, 3.8) is 0 Å². The van der Waals surface area contributed by atoms with E-state index in [4.69, 9.17) is 0 Å². The maximum atomic E-state index is 12.1. The average molecular weight is 396 g/mol. The molecule has 0 aromatic heterocycles. The first-order valence-corrected chi connectivity index (χ1v) is 9.52. The molecule has 0 heterocycles. The minimum atomic E-state index is -0.310. The number of amides is 3. The Kier molecular flexibility index (Phi) is 7.36. The molecule has 0 saturated carbocycles. The van der Waals surface area contributed by atoms with Crippen molar-refractivity contribution in [1.82, 2.24) is 5.32 Å². The number of rotatable bonds is 7. The van der Waals surface area contributed by atoms with E-state index in [1.54, 1.807) is 55.5 Å². The van der Waals surface area contributed by atoms with Crippen molar-refractivity contribution in [2.45, 2.75) is 39.7 Å². The summed E-state index contributed by atoms with van der Waals surface area (Å²) in [7, 11) is 0. The van der Waals surface area contributed by atoms with Gasteiger partial charge in [-0.25, -0.2) is 0 Å². The molecule has 2 aromatic carbocycles. The van der Waals surface area contributed by atoms with Gasteiger partial charge < -0.3 is 21.3 Å². The van der Waals surface area contributed by atoms with Crippen LogP contribution in [0.4, 0.5) is 17.1 Å². The van der Waals surface area contributed by atoms with Crippen LogP contribution in [-0.4, -0.2) is 29.8 Å². The molecule has 154 valence electrons. The predicted molar refractivity (Wildman–Crippen MR) is 116 cm³/mol. The molecule has 4 N–H and O–H groups in total. The van der Waals surface area contributed by atoms with Gasteiger partial charge in [0.2, 0.25) is 11.8 Å². The molecule has 0 aliphatic carbocycles. The fraction of sp³-hybridized carbons (Fsp3) is 0.318. The van der Waals surface area contributed by atoms with Crippen LogP contribution in [0.15, 0.2) is 48.5 Å². The van der Waals surface area contributed by atoms with Crippen molar-refractivity contribution in [3.05, 3.63) is 54.1 Å². The SMILES string of the molecule is CCC(=O)Nc1ccc(NCC(=O)Nc2ccc(C(=O)NC(C)(C)C)cc2)cc1. The van der Waals surface area contributed by atoms with Crippen molar-refractivity contribution in [1.29, 1.82) is 0 Å². The molecule has 0 saturated heterocycles. The maximum absolute atomic E-state index is 12.1. The molecule has 0 aliphatic heterocycles. The van der Waals surface area contributed by atoms with Gasteiger partial charge in [0.1, 0.15) is 0 Å². The Bertz CT molecular complexity index is 853. The number of anilines is 3. The number of nitrogens with one attached hydrogen (secondary N) is 4. The molecule has 7 nitrogen and oxygen atoms in total. The molecule has 0 bridgehead atoms. The Balaban J connectivity index is 1.83. The Morgan fingerprint density at radius 2 is 1.24 bits per heavy atom. The highest BCUT2D eigenvalue weighted by atomic mass is 16.2. The van der Waals surface area contributed by atoms with Gasteiger partial charge in [-0.05, 0) is 69.3 Å². The van der Waals surface area contributed by atoms with Crippen LogP contribution >= 0.6 is 0 Å². The second kappa shape index (κ2) is 9.73. The fourth-order valence-electron chi connectivity index (χ4n) is 2.43. The third-order valence-electron chi connectivity index (χ3n) is 3.86. The quantitative estimate of drug-likeness (QED) is 0.574. The van der Waals surface area contributed by atoms with Crippen LogP contribution in [0.1, 0.15) is 44.5 Å². The number of hydrogen-bond donors (Lipinski definition) is 4. The van der Waals surface area contributed by atoms with E-state index in [0.717, 1.165) is 5.69 Å². The lowest BCUT2D eigenvalue weighted by molar-refractivity contribution is -0.116. The van der Waals surface area contributed by atoms with Gasteiger partial charge in [-0.2, -0.15) is 0 Å². The number of benzene rings is 2. The fourth-order valence-corrected chi connectivity index (χ4v) is 2.43. The first-order chi connectivity index (χ1) is 13.7. The summed E-state index contributed by atoms with van der Waals surface area (Å²) < 4.78 is 0. The normalized spacial score (nSPS) is 10.8. The minimum Gasteiger partial charge on any atom is -0.376 e. The molecule has 2 aromatic rings. The summed E-state index contributed by atoms with van der Waals surface area (Å²) in [5, 5.41) is 11.5. The van der Waals surface area contributed by atoms with Crippen LogP contribution in [0.5, 0.6) is 0 Å². The summed E-state index contributed by atoms with van der Waals surface area (Å²) in [6.45, 7) is 7.63. The standard InChI is InChI=1S/C22H28N4O3/c1-5-19(27)24-18-12-10-16(11-13-18)23-14-20(28)25-17-8-6-15(7-9-17)21(29)26-22(2,3)4/h6-13,23H,5,14H2,1-4H3,(H,24,27)(H,25,28)(H,26,29). The molecular weight excluding hydrogens is 368 g/mol. The lowest BCUT2D eigenvalue weighted by Crippen LogP contribution is -2.40. The van der Waals surface area contributed by atoms with Crippen molar-refractivity contribution in [3.8, 4) is 0 Å². The lowest BCUT2D eigenvalue weighted by Gasteiger charge is -2.20. The summed E-state index contributed by atoms with van der Waals surface area (Å²) in [5.41, 5.74) is 2.31. The van der Waals surface area contributed by atoms with Gasteiger partial charge in [0.05, 0.1) is 6.54 Å². The van der Waals surface area contributed by atoms with E-state index in [0.29, 0.717) is 23.4 Å². The molecule has 2 rings (SSSR count). The lowest BCUT2D eigenvalue weighted by atomic mass is 10.1. The second-order valence-corrected chi connectivity index (χ2v) is 7.66. The van der Waals surface area contributed by atoms with Gasteiger partial charge in [-0.1, -0.05) is 6.92 Å². The minimum absolute atomic E-state index is 0.0491. The van der Waals surface area contributed by atoms with Crippen LogP contribution < -0.4 is 21.3 Å². The molecule has 0 atom stereocenters. The molecule has 0 radical (unpaired) electrons. The van der Waals surface area contributed by atoms with Gasteiger partial charge >= 0.3 is 0 Å². The molecule has 3 amide bonds. The van der Waals surface area contributed by atoms with Gasteiger partial charge in [0.25, 0.3) is 5.91 Å². The van der Waals surface area contributed by atoms with Crippen LogP contribution in [0.2, 0.25) is 0 Å². The monoisotopic (exact) mass is 396 g/mol. The summed E-state index contributed by atoms with van der Waals surface area (Å²) in [4.78, 5) is 35.6. The summed E-state index contributed by atoms with van der Waals surface area (Å²) in [6.07, 6.45) is 0.419. The highest BCUT2D eigenvalue weighted by molar-refractivity contribution is 5.97. The highest BCUT2D eigenvalue weighted by Gasteiger charge is 2.15. The van der Waals surface area contributed by atoms with Crippen LogP contribution in [0, 0.1) is 0 Å². The number of carbonyl (C=O) groups excluding carboxylic acids is 3. The van der Waals surface area contributed by atoms with Crippen molar-refractivity contribution in [2.24, 2.45) is 0 Å². The first kappa shape index (κ1) is 21.9. The molecular formula is C22H28N4O3. The Morgan fingerprint density at radius 1 is 0.759 bits per heavy atom. The van der Waals surface area contributed by atoms with Crippen molar-refractivity contribution < 1.29 is 14.4 Å².